The predicted molar refractivity (Wildman–Crippen MR) is 52.9 cm³/mol. The first-order chi connectivity index (χ1) is 5.82. The minimum atomic E-state index is -0.481. The highest BCUT2D eigenvalue weighted by Crippen LogP contribution is 1.90. The topological polar surface area (TPSA) is 63.4 Å². The fraction of sp³-hybridized carbons (Fsp3) is 0.333. The van der Waals surface area contributed by atoms with E-state index < -0.39 is 5.91 Å². The van der Waals surface area contributed by atoms with Crippen molar-refractivity contribution in [3.63, 3.8) is 0 Å². The second-order valence-corrected chi connectivity index (χ2v) is 2.59. The van der Waals surface area contributed by atoms with Crippen LogP contribution < -0.4 is 5.73 Å². The van der Waals surface area contributed by atoms with Crippen LogP contribution in [0.25, 0.3) is 0 Å². The molecule has 0 aliphatic rings. The molecule has 74 valence electrons. The molecule has 0 fully saturated rings. The lowest BCUT2D eigenvalue weighted by Crippen LogP contribution is -2.21. The SMILES string of the molecule is C=C(C)C(=O)N(C)C.C=CC(N)=O. The van der Waals surface area contributed by atoms with Crippen molar-refractivity contribution in [2.45, 2.75) is 6.92 Å². The Hall–Kier alpha value is -1.58. The molecule has 13 heavy (non-hydrogen) atoms. The second kappa shape index (κ2) is 7.09. The van der Waals surface area contributed by atoms with Crippen LogP contribution in [0.15, 0.2) is 24.8 Å². The molecule has 0 aliphatic heterocycles. The molecule has 0 radical (unpaired) electrons. The highest BCUT2D eigenvalue weighted by atomic mass is 16.2. The van der Waals surface area contributed by atoms with Crippen molar-refractivity contribution in [1.82, 2.24) is 4.90 Å². The van der Waals surface area contributed by atoms with Crippen molar-refractivity contribution in [3.8, 4) is 0 Å². The molecule has 0 bridgehead atoms. The molecule has 4 nitrogen and oxygen atoms in total. The third kappa shape index (κ3) is 10.4. The van der Waals surface area contributed by atoms with Crippen LogP contribution >= 0.6 is 0 Å². The van der Waals surface area contributed by atoms with E-state index in [0.29, 0.717) is 5.57 Å². The van der Waals surface area contributed by atoms with E-state index in [0.717, 1.165) is 6.08 Å². The molecule has 0 saturated heterocycles. The molecular weight excluding hydrogens is 168 g/mol. The highest BCUT2D eigenvalue weighted by molar-refractivity contribution is 5.91. The summed E-state index contributed by atoms with van der Waals surface area (Å²) in [7, 11) is 3.41. The van der Waals surface area contributed by atoms with Gasteiger partial charge in [-0.05, 0) is 13.0 Å². The molecule has 0 heterocycles. The van der Waals surface area contributed by atoms with Crippen LogP contribution in [0.2, 0.25) is 0 Å². The molecule has 0 aromatic rings. The van der Waals surface area contributed by atoms with Gasteiger partial charge in [0.1, 0.15) is 0 Å². The van der Waals surface area contributed by atoms with Gasteiger partial charge in [0.05, 0.1) is 0 Å². The van der Waals surface area contributed by atoms with Gasteiger partial charge < -0.3 is 10.6 Å². The average molecular weight is 184 g/mol. The molecule has 0 aromatic carbocycles. The number of amides is 2. The lowest BCUT2D eigenvalue weighted by atomic mass is 10.3. The molecule has 4 heteroatoms. The number of rotatable bonds is 2. The smallest absolute Gasteiger partial charge is 0.248 e. The molecule has 0 aromatic heterocycles. The molecule has 2 amide bonds. The summed E-state index contributed by atoms with van der Waals surface area (Å²) in [5, 5.41) is 0. The third-order valence-electron chi connectivity index (χ3n) is 0.972. The zero-order chi connectivity index (χ0) is 11.0. The summed E-state index contributed by atoms with van der Waals surface area (Å²) in [6.07, 6.45) is 1.06. The van der Waals surface area contributed by atoms with E-state index in [1.165, 1.54) is 4.90 Å². The Balaban J connectivity index is 0. The largest absolute Gasteiger partial charge is 0.366 e. The van der Waals surface area contributed by atoms with E-state index in [-0.39, 0.29) is 5.91 Å². The van der Waals surface area contributed by atoms with Gasteiger partial charge in [0, 0.05) is 19.7 Å². The first-order valence-electron chi connectivity index (χ1n) is 3.62. The summed E-state index contributed by atoms with van der Waals surface area (Å²) in [6, 6.07) is 0. The number of carbonyl (C=O) groups is 2. The number of nitrogens with zero attached hydrogens (tertiary/aromatic N) is 1. The van der Waals surface area contributed by atoms with Crippen molar-refractivity contribution in [2.75, 3.05) is 14.1 Å². The number of hydrogen-bond donors (Lipinski definition) is 1. The Bertz CT molecular complexity index is 220. The van der Waals surface area contributed by atoms with Gasteiger partial charge in [-0.15, -0.1) is 0 Å². The van der Waals surface area contributed by atoms with Gasteiger partial charge in [0.15, 0.2) is 0 Å². The van der Waals surface area contributed by atoms with E-state index in [9.17, 15) is 9.59 Å². The number of hydrogen-bond acceptors (Lipinski definition) is 2. The summed E-state index contributed by atoms with van der Waals surface area (Å²) >= 11 is 0. The monoisotopic (exact) mass is 184 g/mol. The normalized spacial score (nSPS) is 7.62. The second-order valence-electron chi connectivity index (χ2n) is 2.59. The summed E-state index contributed by atoms with van der Waals surface area (Å²) in [6.45, 7) is 8.27. The van der Waals surface area contributed by atoms with E-state index in [1.807, 2.05) is 0 Å². The Labute approximate surface area is 78.7 Å². The first kappa shape index (κ1) is 14.0. The van der Waals surface area contributed by atoms with Crippen LogP contribution in [-0.2, 0) is 9.59 Å². The van der Waals surface area contributed by atoms with E-state index in [1.54, 1.807) is 21.0 Å². The Kier molecular flexibility index (Phi) is 7.62. The number of carbonyl (C=O) groups excluding carboxylic acids is 2. The molecule has 0 unspecified atom stereocenters. The van der Waals surface area contributed by atoms with Crippen LogP contribution in [0, 0.1) is 0 Å². The van der Waals surface area contributed by atoms with Gasteiger partial charge in [0.2, 0.25) is 11.8 Å². The van der Waals surface area contributed by atoms with Crippen molar-refractivity contribution in [2.24, 2.45) is 5.73 Å². The molecule has 2 N–H and O–H groups in total. The summed E-state index contributed by atoms with van der Waals surface area (Å²) in [4.78, 5) is 21.6. The quantitative estimate of drug-likeness (QED) is 0.628. The Morgan fingerprint density at radius 1 is 1.38 bits per heavy atom. The molecule has 0 saturated carbocycles. The molecular formula is C9H16N2O2. The standard InChI is InChI=1S/C6H11NO.C3H5NO/c1-5(2)6(8)7(3)4;1-2-3(4)5/h1H2,2-4H3;2H,1H2,(H2,4,5). The maximum absolute atomic E-state index is 10.7. The fourth-order valence-electron chi connectivity index (χ4n) is 0.382. The number of nitrogens with two attached hydrogens (primary N) is 1. The summed E-state index contributed by atoms with van der Waals surface area (Å²) < 4.78 is 0. The number of primary amides is 1. The van der Waals surface area contributed by atoms with Crippen molar-refractivity contribution in [1.29, 1.82) is 0 Å². The molecule has 0 aliphatic carbocycles. The predicted octanol–water partition coefficient (Wildman–Crippen LogP) is 0.308. The first-order valence-corrected chi connectivity index (χ1v) is 3.62. The lowest BCUT2D eigenvalue weighted by Gasteiger charge is -2.07. The van der Waals surface area contributed by atoms with Crippen LogP contribution in [-0.4, -0.2) is 30.8 Å². The van der Waals surface area contributed by atoms with Gasteiger partial charge in [-0.3, -0.25) is 9.59 Å². The van der Waals surface area contributed by atoms with Crippen molar-refractivity contribution < 1.29 is 9.59 Å². The zero-order valence-electron chi connectivity index (χ0n) is 8.33. The molecule has 0 atom stereocenters. The van der Waals surface area contributed by atoms with Crippen LogP contribution in [0.4, 0.5) is 0 Å². The lowest BCUT2D eigenvalue weighted by molar-refractivity contribution is -0.124. The zero-order valence-corrected chi connectivity index (χ0v) is 8.33. The van der Waals surface area contributed by atoms with E-state index in [4.69, 9.17) is 0 Å². The molecule has 0 rings (SSSR count). The minimum Gasteiger partial charge on any atom is -0.366 e. The average Bonchev–Trinajstić information content (AvgIpc) is 2.03. The maximum atomic E-state index is 10.7. The Morgan fingerprint density at radius 3 is 1.69 bits per heavy atom. The minimum absolute atomic E-state index is 0.00926. The highest BCUT2D eigenvalue weighted by Gasteiger charge is 2.01. The molecule has 0 spiro atoms. The van der Waals surface area contributed by atoms with Crippen molar-refractivity contribution >= 4 is 11.8 Å². The van der Waals surface area contributed by atoms with Crippen LogP contribution in [0.1, 0.15) is 6.92 Å². The van der Waals surface area contributed by atoms with Gasteiger partial charge in [-0.1, -0.05) is 13.2 Å². The summed E-state index contributed by atoms with van der Waals surface area (Å²) in [5.74, 6) is -0.491. The van der Waals surface area contributed by atoms with Gasteiger partial charge in [-0.2, -0.15) is 0 Å². The van der Waals surface area contributed by atoms with E-state index in [2.05, 4.69) is 18.9 Å². The third-order valence-corrected chi connectivity index (χ3v) is 0.972. The number of likely N-dealkylation sites (N-methyl/N-ethyl adjacent to an activating group) is 1. The van der Waals surface area contributed by atoms with Crippen molar-refractivity contribution in [3.05, 3.63) is 24.8 Å². The van der Waals surface area contributed by atoms with Crippen LogP contribution in [0.3, 0.4) is 0 Å². The Morgan fingerprint density at radius 2 is 1.69 bits per heavy atom. The van der Waals surface area contributed by atoms with Gasteiger partial charge in [-0.25, -0.2) is 0 Å². The summed E-state index contributed by atoms with van der Waals surface area (Å²) in [5.41, 5.74) is 5.11. The van der Waals surface area contributed by atoms with Gasteiger partial charge in [0.25, 0.3) is 0 Å². The maximum Gasteiger partial charge on any atom is 0.248 e. The van der Waals surface area contributed by atoms with Gasteiger partial charge >= 0.3 is 0 Å². The fourth-order valence-corrected chi connectivity index (χ4v) is 0.382. The van der Waals surface area contributed by atoms with Crippen LogP contribution in [0.5, 0.6) is 0 Å². The van der Waals surface area contributed by atoms with E-state index >= 15 is 0 Å².